The third-order valence-corrected chi connectivity index (χ3v) is 2.41. The molecular formula is C12H18N2O3. The third-order valence-electron chi connectivity index (χ3n) is 2.41. The summed E-state index contributed by atoms with van der Waals surface area (Å²) >= 11 is 0. The van der Waals surface area contributed by atoms with E-state index in [0.29, 0.717) is 23.6 Å². The number of anilines is 1. The van der Waals surface area contributed by atoms with Crippen LogP contribution in [-0.4, -0.2) is 27.8 Å². The van der Waals surface area contributed by atoms with Gasteiger partial charge in [0.15, 0.2) is 0 Å². The Bertz CT molecular complexity index is 405. The first-order valence-corrected chi connectivity index (χ1v) is 5.53. The second-order valence-corrected chi connectivity index (χ2v) is 4.36. The van der Waals surface area contributed by atoms with Crippen molar-refractivity contribution in [2.24, 2.45) is 5.92 Å². The van der Waals surface area contributed by atoms with Gasteiger partial charge in [-0.3, -0.25) is 4.90 Å². The zero-order valence-electron chi connectivity index (χ0n) is 10.3. The quantitative estimate of drug-likeness (QED) is 0.841. The van der Waals surface area contributed by atoms with E-state index >= 15 is 0 Å². The molecule has 5 heteroatoms. The van der Waals surface area contributed by atoms with E-state index in [1.165, 1.54) is 4.90 Å². The number of carboxylic acid groups (broad SMARTS) is 1. The molecule has 0 aliphatic heterocycles. The lowest BCUT2D eigenvalue weighted by Gasteiger charge is -2.21. The van der Waals surface area contributed by atoms with Crippen molar-refractivity contribution >= 4 is 11.9 Å². The molecule has 0 atom stereocenters. The van der Waals surface area contributed by atoms with Crippen LogP contribution in [0.4, 0.5) is 10.6 Å². The molecule has 0 saturated carbocycles. The first-order valence-electron chi connectivity index (χ1n) is 5.53. The van der Waals surface area contributed by atoms with Crippen LogP contribution < -0.4 is 4.90 Å². The van der Waals surface area contributed by atoms with Crippen LogP contribution in [0.3, 0.4) is 0 Å². The normalized spacial score (nSPS) is 10.6. The Morgan fingerprint density at radius 2 is 2.12 bits per heavy atom. The van der Waals surface area contributed by atoms with Gasteiger partial charge in [0.05, 0.1) is 6.61 Å². The number of hydrogen-bond donors (Lipinski definition) is 2. The maximum Gasteiger partial charge on any atom is 0.413 e. The van der Waals surface area contributed by atoms with Crippen molar-refractivity contribution in [2.45, 2.75) is 27.4 Å². The van der Waals surface area contributed by atoms with Crippen molar-refractivity contribution in [1.82, 2.24) is 4.98 Å². The highest BCUT2D eigenvalue weighted by Crippen LogP contribution is 2.16. The van der Waals surface area contributed by atoms with Crippen molar-refractivity contribution in [3.63, 3.8) is 0 Å². The highest BCUT2D eigenvalue weighted by atomic mass is 16.4. The summed E-state index contributed by atoms with van der Waals surface area (Å²) in [6.07, 6.45) is -1.01. The minimum Gasteiger partial charge on any atom is -0.465 e. The Morgan fingerprint density at radius 1 is 1.47 bits per heavy atom. The van der Waals surface area contributed by atoms with Gasteiger partial charge in [0.1, 0.15) is 5.82 Å². The van der Waals surface area contributed by atoms with E-state index < -0.39 is 6.09 Å². The predicted molar refractivity (Wildman–Crippen MR) is 65.1 cm³/mol. The lowest BCUT2D eigenvalue weighted by atomic mass is 10.2. The molecule has 1 rings (SSSR count). The molecular weight excluding hydrogens is 220 g/mol. The van der Waals surface area contributed by atoms with Crippen LogP contribution >= 0.6 is 0 Å². The van der Waals surface area contributed by atoms with Crippen molar-refractivity contribution in [2.75, 3.05) is 11.4 Å². The van der Waals surface area contributed by atoms with Gasteiger partial charge < -0.3 is 10.2 Å². The van der Waals surface area contributed by atoms with Gasteiger partial charge in [0, 0.05) is 12.2 Å². The van der Waals surface area contributed by atoms with E-state index in [-0.39, 0.29) is 12.5 Å². The molecule has 5 nitrogen and oxygen atoms in total. The van der Waals surface area contributed by atoms with Gasteiger partial charge in [-0.25, -0.2) is 9.78 Å². The predicted octanol–water partition coefficient (Wildman–Crippen LogP) is 2.02. The summed E-state index contributed by atoms with van der Waals surface area (Å²) in [5.74, 6) is 0.631. The number of aryl methyl sites for hydroxylation is 1. The van der Waals surface area contributed by atoms with Gasteiger partial charge in [0.2, 0.25) is 0 Å². The van der Waals surface area contributed by atoms with Crippen LogP contribution in [0.5, 0.6) is 0 Å². The first kappa shape index (κ1) is 13.4. The van der Waals surface area contributed by atoms with E-state index in [0.717, 1.165) is 0 Å². The summed E-state index contributed by atoms with van der Waals surface area (Å²) in [5, 5.41) is 18.2. The molecule has 1 aromatic heterocycles. The highest BCUT2D eigenvalue weighted by molar-refractivity contribution is 5.84. The van der Waals surface area contributed by atoms with Crippen LogP contribution in [-0.2, 0) is 6.61 Å². The molecule has 0 aromatic carbocycles. The number of carbonyl (C=O) groups is 1. The molecule has 0 radical (unpaired) electrons. The zero-order valence-corrected chi connectivity index (χ0v) is 10.3. The average molecular weight is 238 g/mol. The van der Waals surface area contributed by atoms with E-state index in [1.54, 1.807) is 19.1 Å². The molecule has 0 bridgehead atoms. The standard InChI is InChI=1S/C12H18N2O3/c1-8(2)6-14(12(16)17)11-5-4-10(7-15)9(3)13-11/h4-5,8,15H,6-7H2,1-3H3,(H,16,17). The van der Waals surface area contributed by atoms with Crippen LogP contribution in [0.25, 0.3) is 0 Å². The molecule has 17 heavy (non-hydrogen) atoms. The van der Waals surface area contributed by atoms with Crippen molar-refractivity contribution in [3.05, 3.63) is 23.4 Å². The Kier molecular flexibility index (Phi) is 4.45. The second kappa shape index (κ2) is 5.63. The Balaban J connectivity index is 3.02. The molecule has 0 spiro atoms. The first-order chi connectivity index (χ1) is 7.95. The van der Waals surface area contributed by atoms with Crippen LogP contribution in [0.2, 0.25) is 0 Å². The fourth-order valence-electron chi connectivity index (χ4n) is 1.53. The third kappa shape index (κ3) is 3.42. The monoisotopic (exact) mass is 238 g/mol. The fraction of sp³-hybridized carbons (Fsp3) is 0.500. The SMILES string of the molecule is Cc1nc(N(CC(C)C)C(=O)O)ccc1CO. The van der Waals surface area contributed by atoms with Crippen molar-refractivity contribution < 1.29 is 15.0 Å². The molecule has 1 aromatic rings. The molecule has 0 saturated heterocycles. The molecule has 2 N–H and O–H groups in total. The fourth-order valence-corrected chi connectivity index (χ4v) is 1.53. The molecule has 0 aliphatic rings. The van der Waals surface area contributed by atoms with E-state index in [4.69, 9.17) is 10.2 Å². The number of aliphatic hydroxyl groups is 1. The topological polar surface area (TPSA) is 73.7 Å². The van der Waals surface area contributed by atoms with Crippen LogP contribution in [0, 0.1) is 12.8 Å². The minimum absolute atomic E-state index is 0.0869. The Morgan fingerprint density at radius 3 is 2.53 bits per heavy atom. The van der Waals surface area contributed by atoms with Gasteiger partial charge >= 0.3 is 6.09 Å². The summed E-state index contributed by atoms with van der Waals surface area (Å²) in [7, 11) is 0. The van der Waals surface area contributed by atoms with E-state index in [9.17, 15) is 4.79 Å². The van der Waals surface area contributed by atoms with Crippen LogP contribution in [0.1, 0.15) is 25.1 Å². The number of amides is 1. The van der Waals surface area contributed by atoms with Crippen molar-refractivity contribution in [1.29, 1.82) is 0 Å². The summed E-state index contributed by atoms with van der Waals surface area (Å²) in [4.78, 5) is 16.6. The van der Waals surface area contributed by atoms with Crippen molar-refractivity contribution in [3.8, 4) is 0 Å². The average Bonchev–Trinajstić information content (AvgIpc) is 2.25. The lowest BCUT2D eigenvalue weighted by Crippen LogP contribution is -2.33. The Hall–Kier alpha value is -1.62. The zero-order chi connectivity index (χ0) is 13.0. The van der Waals surface area contributed by atoms with E-state index in [1.807, 2.05) is 13.8 Å². The molecule has 1 heterocycles. The smallest absolute Gasteiger partial charge is 0.413 e. The number of hydrogen-bond acceptors (Lipinski definition) is 3. The number of aromatic nitrogens is 1. The largest absolute Gasteiger partial charge is 0.465 e. The molecule has 1 amide bonds. The van der Waals surface area contributed by atoms with Gasteiger partial charge in [0.25, 0.3) is 0 Å². The molecule has 0 unspecified atom stereocenters. The number of rotatable bonds is 4. The summed E-state index contributed by atoms with van der Waals surface area (Å²) in [6.45, 7) is 5.97. The maximum atomic E-state index is 11.1. The number of pyridine rings is 1. The maximum absolute atomic E-state index is 11.1. The minimum atomic E-state index is -1.01. The van der Waals surface area contributed by atoms with Gasteiger partial charge in [-0.15, -0.1) is 0 Å². The molecule has 94 valence electrons. The van der Waals surface area contributed by atoms with Gasteiger partial charge in [-0.2, -0.15) is 0 Å². The Labute approximate surface area is 101 Å². The second-order valence-electron chi connectivity index (χ2n) is 4.36. The van der Waals surface area contributed by atoms with Gasteiger partial charge in [-0.05, 0) is 24.5 Å². The molecule has 0 aliphatic carbocycles. The van der Waals surface area contributed by atoms with Gasteiger partial charge in [-0.1, -0.05) is 19.9 Å². The van der Waals surface area contributed by atoms with Crippen LogP contribution in [0.15, 0.2) is 12.1 Å². The van der Waals surface area contributed by atoms with E-state index in [2.05, 4.69) is 4.98 Å². The highest BCUT2D eigenvalue weighted by Gasteiger charge is 2.17. The lowest BCUT2D eigenvalue weighted by molar-refractivity contribution is 0.200. The summed E-state index contributed by atoms with van der Waals surface area (Å²) in [5.41, 5.74) is 1.36. The molecule has 0 fully saturated rings. The summed E-state index contributed by atoms with van der Waals surface area (Å²) in [6, 6.07) is 3.32. The summed E-state index contributed by atoms with van der Waals surface area (Å²) < 4.78 is 0. The number of nitrogens with zero attached hydrogens (tertiary/aromatic N) is 2. The number of aliphatic hydroxyl groups excluding tert-OH is 1.